The second kappa shape index (κ2) is 12.3. The van der Waals surface area contributed by atoms with E-state index < -0.39 is 23.7 Å². The fraction of sp³-hybridized carbons (Fsp3) is 0.514. The van der Waals surface area contributed by atoms with Gasteiger partial charge in [-0.3, -0.25) is 4.39 Å². The third kappa shape index (κ3) is 5.58. The highest BCUT2D eigenvalue weighted by molar-refractivity contribution is 6.03. The zero-order valence-electron chi connectivity index (χ0n) is 27.2. The molecule has 3 aliphatic rings. The van der Waals surface area contributed by atoms with Crippen molar-refractivity contribution in [2.45, 2.75) is 51.6 Å². The van der Waals surface area contributed by atoms with Crippen molar-refractivity contribution in [1.29, 1.82) is 0 Å². The summed E-state index contributed by atoms with van der Waals surface area (Å²) < 4.78 is 58.4. The molecule has 4 aromatic rings. The highest BCUT2D eigenvalue weighted by atomic mass is 19.1. The number of alkyl halides is 1. The van der Waals surface area contributed by atoms with Gasteiger partial charge in [-0.05, 0) is 79.7 Å². The molecule has 5 heterocycles. The number of aromatic nitrogens is 3. The maximum Gasteiger partial charge on any atom is 0.319 e. The van der Waals surface area contributed by atoms with Crippen LogP contribution in [0.4, 0.5) is 19.0 Å². The summed E-state index contributed by atoms with van der Waals surface area (Å²) >= 11 is 0. The molecule has 0 saturated carbocycles. The molecule has 250 valence electrons. The van der Waals surface area contributed by atoms with E-state index in [2.05, 4.69) is 25.1 Å². The summed E-state index contributed by atoms with van der Waals surface area (Å²) in [6.07, 6.45) is 3.10. The number of pyridine rings is 1. The zero-order chi connectivity index (χ0) is 33.0. The van der Waals surface area contributed by atoms with E-state index in [0.717, 1.165) is 19.4 Å². The highest BCUT2D eigenvalue weighted by Gasteiger charge is 2.40. The third-order valence-electron chi connectivity index (χ3n) is 10.4. The van der Waals surface area contributed by atoms with Crippen LogP contribution in [0.15, 0.2) is 24.3 Å². The van der Waals surface area contributed by atoms with E-state index in [1.54, 1.807) is 6.07 Å². The smallest absolute Gasteiger partial charge is 0.319 e. The van der Waals surface area contributed by atoms with Crippen LogP contribution in [0, 0.1) is 23.0 Å². The summed E-state index contributed by atoms with van der Waals surface area (Å²) in [5.41, 5.74) is -0.0914. The van der Waals surface area contributed by atoms with Crippen molar-refractivity contribution in [2.24, 2.45) is 11.3 Å². The van der Waals surface area contributed by atoms with Crippen molar-refractivity contribution >= 4 is 27.5 Å². The number of nitrogens with one attached hydrogen (secondary N) is 1. The Labute approximate surface area is 272 Å². The standard InChI is InChI=1S/C35H41F3N6O3/c1-5-24-26(37)9-6-19-12-23(45)13-25(27(19)24)30-29(38)31-28(33(40-30)46-4)32(44-15-21-7-8-22(16-44)39-21)42-34(41-31)47-18-35(2)17-43(3)11-10-20(35)14-36/h6,9,12-13,20-22,39,45H,5,7-8,10-11,14-18H2,1-4H3/t20-,21-,22+,35+/m1/s1. The second-order valence-corrected chi connectivity index (χ2v) is 13.7. The lowest BCUT2D eigenvalue weighted by atomic mass is 9.73. The average Bonchev–Trinajstić information content (AvgIpc) is 3.40. The topological polar surface area (TPSA) is 95.9 Å². The maximum atomic E-state index is 17.1. The molecule has 7 rings (SSSR count). The van der Waals surface area contributed by atoms with Crippen molar-refractivity contribution in [1.82, 2.24) is 25.2 Å². The van der Waals surface area contributed by atoms with Gasteiger partial charge >= 0.3 is 6.01 Å². The predicted octanol–water partition coefficient (Wildman–Crippen LogP) is 5.65. The van der Waals surface area contributed by atoms with Gasteiger partial charge in [0.2, 0.25) is 5.88 Å². The lowest BCUT2D eigenvalue weighted by Gasteiger charge is -2.43. The van der Waals surface area contributed by atoms with E-state index in [4.69, 9.17) is 14.5 Å². The molecule has 47 heavy (non-hydrogen) atoms. The van der Waals surface area contributed by atoms with Gasteiger partial charge in [0.15, 0.2) is 5.82 Å². The number of aromatic hydroxyl groups is 1. The van der Waals surface area contributed by atoms with E-state index in [0.29, 0.717) is 60.0 Å². The summed E-state index contributed by atoms with van der Waals surface area (Å²) in [6.45, 7) is 6.26. The van der Waals surface area contributed by atoms with Crippen molar-refractivity contribution in [3.8, 4) is 28.9 Å². The van der Waals surface area contributed by atoms with Gasteiger partial charge in [-0.25, -0.2) is 13.8 Å². The quantitative estimate of drug-likeness (QED) is 0.251. The maximum absolute atomic E-state index is 17.1. The van der Waals surface area contributed by atoms with Crippen LogP contribution in [0.2, 0.25) is 0 Å². The summed E-state index contributed by atoms with van der Waals surface area (Å²) in [4.78, 5) is 18.4. The molecular weight excluding hydrogens is 609 g/mol. The molecule has 3 fully saturated rings. The number of ether oxygens (including phenoxy) is 2. The van der Waals surface area contributed by atoms with Crippen molar-refractivity contribution < 1.29 is 27.8 Å². The van der Waals surface area contributed by atoms with Gasteiger partial charge in [-0.15, -0.1) is 0 Å². The van der Waals surface area contributed by atoms with E-state index in [1.165, 1.54) is 25.3 Å². The number of nitrogens with zero attached hydrogens (tertiary/aromatic N) is 5. The number of piperidine rings is 1. The lowest BCUT2D eigenvalue weighted by molar-refractivity contribution is 0.000321. The molecule has 2 bridgehead atoms. The Morgan fingerprint density at radius 3 is 2.53 bits per heavy atom. The molecular formula is C35H41F3N6O3. The molecule has 9 nitrogen and oxygen atoms in total. The van der Waals surface area contributed by atoms with Crippen molar-refractivity contribution in [2.75, 3.05) is 58.5 Å². The third-order valence-corrected chi connectivity index (χ3v) is 10.4. The Balaban J connectivity index is 1.42. The highest BCUT2D eigenvalue weighted by Crippen LogP contribution is 2.43. The van der Waals surface area contributed by atoms with Crippen LogP contribution in [-0.2, 0) is 6.42 Å². The van der Waals surface area contributed by atoms with E-state index in [-0.39, 0.29) is 59.0 Å². The summed E-state index contributed by atoms with van der Waals surface area (Å²) in [5.74, 6) is -0.945. The molecule has 2 aromatic carbocycles. The number of benzene rings is 2. The molecule has 0 radical (unpaired) electrons. The van der Waals surface area contributed by atoms with Crippen molar-refractivity contribution in [3.63, 3.8) is 0 Å². The molecule has 0 unspecified atom stereocenters. The number of methoxy groups -OCH3 is 1. The normalized spacial score (nSPS) is 24.7. The van der Waals surface area contributed by atoms with Crippen LogP contribution in [-0.4, -0.2) is 90.7 Å². The lowest BCUT2D eigenvalue weighted by Crippen LogP contribution is -2.51. The number of likely N-dealkylation sites (tertiary alicyclic amines) is 1. The molecule has 3 saturated heterocycles. The summed E-state index contributed by atoms with van der Waals surface area (Å²) in [7, 11) is 3.46. The number of phenols is 1. The molecule has 2 aromatic heterocycles. The minimum Gasteiger partial charge on any atom is -0.508 e. The van der Waals surface area contributed by atoms with Crippen molar-refractivity contribution in [3.05, 3.63) is 41.5 Å². The van der Waals surface area contributed by atoms with Crippen LogP contribution < -0.4 is 19.7 Å². The van der Waals surface area contributed by atoms with Gasteiger partial charge in [-0.2, -0.15) is 9.97 Å². The van der Waals surface area contributed by atoms with Crippen LogP contribution in [0.3, 0.4) is 0 Å². The molecule has 0 aliphatic carbocycles. The molecule has 2 N–H and O–H groups in total. The first-order valence-corrected chi connectivity index (χ1v) is 16.4. The van der Waals surface area contributed by atoms with Gasteiger partial charge < -0.3 is 29.7 Å². The first-order chi connectivity index (χ1) is 22.6. The second-order valence-electron chi connectivity index (χ2n) is 13.7. The number of hydrogen-bond acceptors (Lipinski definition) is 9. The van der Waals surface area contributed by atoms with Gasteiger partial charge in [0.25, 0.3) is 0 Å². The Bertz CT molecular complexity index is 1830. The first-order valence-electron chi connectivity index (χ1n) is 16.4. The van der Waals surface area contributed by atoms with Gasteiger partial charge in [0.05, 0.1) is 20.4 Å². The molecule has 12 heteroatoms. The van der Waals surface area contributed by atoms with Gasteiger partial charge in [0.1, 0.15) is 34.0 Å². The Kier molecular flexibility index (Phi) is 8.28. The average molecular weight is 651 g/mol. The molecule has 3 aliphatic heterocycles. The zero-order valence-corrected chi connectivity index (χ0v) is 27.2. The van der Waals surface area contributed by atoms with E-state index in [9.17, 15) is 9.50 Å². The fourth-order valence-electron chi connectivity index (χ4n) is 7.93. The van der Waals surface area contributed by atoms with Crippen LogP contribution >= 0.6 is 0 Å². The Morgan fingerprint density at radius 1 is 1.06 bits per heavy atom. The van der Waals surface area contributed by atoms with Gasteiger partial charge in [0, 0.05) is 42.7 Å². The number of phenolic OH excluding ortho intramolecular Hbond substituents is 1. The summed E-state index contributed by atoms with van der Waals surface area (Å²) in [5, 5.41) is 15.6. The minimum atomic E-state index is -0.768. The van der Waals surface area contributed by atoms with Crippen LogP contribution in [0.25, 0.3) is 32.9 Å². The first kappa shape index (κ1) is 31.7. The number of hydrogen-bond donors (Lipinski definition) is 2. The minimum absolute atomic E-state index is 0.0235. The number of piperazine rings is 1. The molecule has 0 amide bonds. The SMILES string of the molecule is CCc1c(F)ccc2cc(O)cc(-c3nc(OC)c4c(N5C[C@H]6CC[C@@H](C5)N6)nc(OC[C@]5(C)CN(C)CC[C@@H]5CF)nc4c3F)c12. The fourth-order valence-corrected chi connectivity index (χ4v) is 7.93. The number of anilines is 1. The predicted molar refractivity (Wildman–Crippen MR) is 175 cm³/mol. The number of aryl methyl sites for hydroxylation is 1. The number of fused-ring (bicyclic) bond motifs is 4. The summed E-state index contributed by atoms with van der Waals surface area (Å²) in [6, 6.07) is 6.31. The van der Waals surface area contributed by atoms with Gasteiger partial charge in [-0.1, -0.05) is 19.9 Å². The van der Waals surface area contributed by atoms with E-state index >= 15 is 8.78 Å². The molecule has 0 spiro atoms. The number of rotatable bonds is 8. The van der Waals surface area contributed by atoms with Crippen LogP contribution in [0.5, 0.6) is 17.6 Å². The Morgan fingerprint density at radius 2 is 1.83 bits per heavy atom. The monoisotopic (exact) mass is 650 g/mol. The number of halogens is 3. The van der Waals surface area contributed by atoms with Crippen LogP contribution in [0.1, 0.15) is 38.7 Å². The largest absolute Gasteiger partial charge is 0.508 e. The molecule has 4 atom stereocenters. The Hall–Kier alpha value is -3.90. The van der Waals surface area contributed by atoms with E-state index in [1.807, 2.05) is 20.9 Å².